The van der Waals surface area contributed by atoms with Gasteiger partial charge in [0.15, 0.2) is 0 Å². The molecule has 1 heterocycles. The summed E-state index contributed by atoms with van der Waals surface area (Å²) in [6.07, 6.45) is 4.79. The molecule has 0 aliphatic heterocycles. The fourth-order valence-corrected chi connectivity index (χ4v) is 3.50. The van der Waals surface area contributed by atoms with E-state index in [4.69, 9.17) is 5.11 Å². The maximum Gasteiger partial charge on any atom is 0.322 e. The Morgan fingerprint density at radius 2 is 2.31 bits per heavy atom. The minimum atomic E-state index is -0.719. The first-order valence-electron chi connectivity index (χ1n) is 5.63. The molecular weight excluding hydrogens is 240 g/mol. The van der Waals surface area contributed by atoms with Gasteiger partial charge in [0.1, 0.15) is 5.25 Å². The van der Waals surface area contributed by atoms with Crippen LogP contribution in [0.4, 0.5) is 0 Å². The van der Waals surface area contributed by atoms with Crippen molar-refractivity contribution in [3.05, 3.63) is 22.4 Å². The topological polar surface area (TPSA) is 37.3 Å². The van der Waals surface area contributed by atoms with Gasteiger partial charge in [0.2, 0.25) is 0 Å². The molecule has 0 saturated carbocycles. The highest BCUT2D eigenvalue weighted by atomic mass is 32.2. The second-order valence-corrected chi connectivity index (χ2v) is 5.86. The van der Waals surface area contributed by atoms with E-state index in [0.29, 0.717) is 0 Å². The highest BCUT2D eigenvalue weighted by Crippen LogP contribution is 2.32. The smallest absolute Gasteiger partial charge is 0.322 e. The Labute approximate surface area is 105 Å². The zero-order chi connectivity index (χ0) is 11.8. The van der Waals surface area contributed by atoms with Crippen molar-refractivity contribution < 1.29 is 9.90 Å². The van der Waals surface area contributed by atoms with Crippen molar-refractivity contribution in [3.63, 3.8) is 0 Å². The first-order chi connectivity index (χ1) is 7.75. The van der Waals surface area contributed by atoms with E-state index in [1.807, 2.05) is 17.5 Å². The summed E-state index contributed by atoms with van der Waals surface area (Å²) in [5.41, 5.74) is 0. The van der Waals surface area contributed by atoms with E-state index in [9.17, 15) is 4.79 Å². The van der Waals surface area contributed by atoms with Crippen LogP contribution in [0.3, 0.4) is 0 Å². The van der Waals surface area contributed by atoms with Crippen molar-refractivity contribution in [2.24, 2.45) is 0 Å². The van der Waals surface area contributed by atoms with Crippen LogP contribution in [0, 0.1) is 0 Å². The van der Waals surface area contributed by atoms with Crippen molar-refractivity contribution in [2.75, 3.05) is 5.75 Å². The van der Waals surface area contributed by atoms with Gasteiger partial charge in [-0.25, -0.2) is 0 Å². The van der Waals surface area contributed by atoms with Gasteiger partial charge in [0, 0.05) is 4.88 Å². The fourth-order valence-electron chi connectivity index (χ4n) is 1.45. The van der Waals surface area contributed by atoms with Gasteiger partial charge in [-0.05, 0) is 23.6 Å². The molecule has 1 aromatic heterocycles. The van der Waals surface area contributed by atoms with E-state index in [1.54, 1.807) is 11.8 Å². The van der Waals surface area contributed by atoms with Crippen molar-refractivity contribution in [2.45, 2.75) is 37.9 Å². The lowest BCUT2D eigenvalue weighted by molar-refractivity contribution is -0.136. The van der Waals surface area contributed by atoms with Crippen molar-refractivity contribution in [1.29, 1.82) is 0 Å². The Kier molecular flexibility index (Phi) is 6.57. The Morgan fingerprint density at radius 3 is 2.88 bits per heavy atom. The average molecular weight is 258 g/mol. The first kappa shape index (κ1) is 13.6. The number of rotatable bonds is 8. The van der Waals surface area contributed by atoms with Crippen LogP contribution < -0.4 is 0 Å². The van der Waals surface area contributed by atoms with Crippen molar-refractivity contribution in [1.82, 2.24) is 0 Å². The van der Waals surface area contributed by atoms with Crippen LogP contribution in [-0.2, 0) is 4.79 Å². The second-order valence-electron chi connectivity index (χ2n) is 3.67. The molecule has 1 atom stereocenters. The van der Waals surface area contributed by atoms with Gasteiger partial charge in [-0.15, -0.1) is 23.1 Å². The lowest BCUT2D eigenvalue weighted by atomic mass is 10.2. The van der Waals surface area contributed by atoms with E-state index in [1.165, 1.54) is 30.6 Å². The molecule has 0 saturated heterocycles. The predicted molar refractivity (Wildman–Crippen MR) is 71.3 cm³/mol. The van der Waals surface area contributed by atoms with Gasteiger partial charge in [-0.1, -0.05) is 32.3 Å². The number of hydrogen-bond acceptors (Lipinski definition) is 3. The molecule has 1 aromatic rings. The Balaban J connectivity index is 2.33. The van der Waals surface area contributed by atoms with Gasteiger partial charge in [-0.2, -0.15) is 0 Å². The number of aliphatic carboxylic acids is 1. The zero-order valence-corrected chi connectivity index (χ0v) is 11.1. The largest absolute Gasteiger partial charge is 0.480 e. The maximum absolute atomic E-state index is 11.1. The summed E-state index contributed by atoms with van der Waals surface area (Å²) < 4.78 is 0. The normalized spacial score (nSPS) is 12.6. The number of carboxylic acid groups (broad SMARTS) is 1. The summed E-state index contributed by atoms with van der Waals surface area (Å²) in [7, 11) is 0. The molecule has 2 nitrogen and oxygen atoms in total. The predicted octanol–water partition coefficient (Wildman–Crippen LogP) is 4.19. The van der Waals surface area contributed by atoms with Gasteiger partial charge >= 0.3 is 5.97 Å². The van der Waals surface area contributed by atoms with Crippen LogP contribution in [0.2, 0.25) is 0 Å². The minimum Gasteiger partial charge on any atom is -0.480 e. The molecule has 0 aliphatic rings. The van der Waals surface area contributed by atoms with Gasteiger partial charge in [-0.3, -0.25) is 4.79 Å². The van der Waals surface area contributed by atoms with Crippen LogP contribution in [-0.4, -0.2) is 16.8 Å². The van der Waals surface area contributed by atoms with Crippen LogP contribution in [0.5, 0.6) is 0 Å². The third-order valence-corrected chi connectivity index (χ3v) is 4.71. The average Bonchev–Trinajstić information content (AvgIpc) is 2.76. The van der Waals surface area contributed by atoms with Crippen LogP contribution >= 0.6 is 23.1 Å². The molecule has 0 spiro atoms. The molecular formula is C12H18O2S2. The number of carbonyl (C=O) groups is 1. The van der Waals surface area contributed by atoms with Gasteiger partial charge in [0.05, 0.1) is 0 Å². The van der Waals surface area contributed by atoms with Crippen LogP contribution in [0.15, 0.2) is 17.5 Å². The van der Waals surface area contributed by atoms with Crippen molar-refractivity contribution in [3.8, 4) is 0 Å². The minimum absolute atomic E-state index is 0.373. The van der Waals surface area contributed by atoms with E-state index in [-0.39, 0.29) is 5.25 Å². The van der Waals surface area contributed by atoms with Crippen molar-refractivity contribution >= 4 is 29.1 Å². The quantitative estimate of drug-likeness (QED) is 0.710. The molecule has 4 heteroatoms. The molecule has 0 amide bonds. The summed E-state index contributed by atoms with van der Waals surface area (Å²) in [6.45, 7) is 2.18. The molecule has 0 radical (unpaired) electrons. The molecule has 16 heavy (non-hydrogen) atoms. The maximum atomic E-state index is 11.1. The number of thioether (sulfide) groups is 1. The second kappa shape index (κ2) is 7.74. The van der Waals surface area contributed by atoms with Crippen LogP contribution in [0.25, 0.3) is 0 Å². The third kappa shape index (κ3) is 4.58. The molecule has 0 fully saturated rings. The molecule has 90 valence electrons. The lowest BCUT2D eigenvalue weighted by Gasteiger charge is -2.09. The zero-order valence-electron chi connectivity index (χ0n) is 9.52. The number of carboxylic acids is 1. The first-order valence-corrected chi connectivity index (χ1v) is 7.56. The lowest BCUT2D eigenvalue weighted by Crippen LogP contribution is -2.07. The fraction of sp³-hybridized carbons (Fsp3) is 0.583. The van der Waals surface area contributed by atoms with E-state index < -0.39 is 5.97 Å². The summed E-state index contributed by atoms with van der Waals surface area (Å²) in [4.78, 5) is 12.1. The monoisotopic (exact) mass is 258 g/mol. The van der Waals surface area contributed by atoms with Crippen LogP contribution in [0.1, 0.15) is 42.7 Å². The summed E-state index contributed by atoms with van der Waals surface area (Å²) >= 11 is 3.07. The SMILES string of the molecule is CCCCCCSC(C(=O)O)c1cccs1. The molecule has 1 N–H and O–H groups in total. The third-order valence-electron chi connectivity index (χ3n) is 2.31. The Hall–Kier alpha value is -0.480. The molecule has 1 rings (SSSR count). The number of unbranched alkanes of at least 4 members (excludes halogenated alkanes) is 3. The summed E-state index contributed by atoms with van der Waals surface area (Å²) in [6, 6.07) is 3.82. The standard InChI is InChI=1S/C12H18O2S2/c1-2-3-4-5-8-16-11(12(13)14)10-7-6-9-15-10/h6-7,9,11H,2-5,8H2,1H3,(H,13,14). The highest BCUT2D eigenvalue weighted by Gasteiger charge is 2.20. The van der Waals surface area contributed by atoms with Gasteiger partial charge in [0.25, 0.3) is 0 Å². The Morgan fingerprint density at radius 1 is 1.50 bits per heavy atom. The van der Waals surface area contributed by atoms with E-state index >= 15 is 0 Å². The van der Waals surface area contributed by atoms with Gasteiger partial charge < -0.3 is 5.11 Å². The molecule has 1 unspecified atom stereocenters. The van der Waals surface area contributed by atoms with E-state index in [0.717, 1.165) is 17.1 Å². The summed E-state index contributed by atoms with van der Waals surface area (Å²) in [5, 5.41) is 10.7. The number of thiophene rings is 1. The summed E-state index contributed by atoms with van der Waals surface area (Å²) in [5.74, 6) is 0.220. The molecule has 0 bridgehead atoms. The number of hydrogen-bond donors (Lipinski definition) is 1. The highest BCUT2D eigenvalue weighted by molar-refractivity contribution is 8.00. The van der Waals surface area contributed by atoms with E-state index in [2.05, 4.69) is 6.92 Å². The Bertz CT molecular complexity index is 296. The molecule has 0 aliphatic carbocycles. The molecule has 0 aromatic carbocycles.